The van der Waals surface area contributed by atoms with E-state index in [1.165, 1.54) is 11.1 Å². The molecule has 1 aromatic heterocycles. The Morgan fingerprint density at radius 3 is 2.88 bits per heavy atom. The molecule has 0 radical (unpaired) electrons. The number of hydrogen-bond donors (Lipinski definition) is 2. The highest BCUT2D eigenvalue weighted by Crippen LogP contribution is 2.13. The van der Waals surface area contributed by atoms with Crippen molar-refractivity contribution >= 4 is 11.9 Å². The van der Waals surface area contributed by atoms with Gasteiger partial charge in [-0.15, -0.1) is 0 Å². The van der Waals surface area contributed by atoms with E-state index in [1.807, 2.05) is 6.07 Å². The lowest BCUT2D eigenvalue weighted by Crippen LogP contribution is -2.56. The van der Waals surface area contributed by atoms with E-state index in [0.717, 1.165) is 0 Å². The highest BCUT2D eigenvalue weighted by atomic mass is 16.4. The Morgan fingerprint density at radius 1 is 1.62 bits per heavy atom. The number of nitriles is 1. The third-order valence-electron chi connectivity index (χ3n) is 2.40. The van der Waals surface area contributed by atoms with E-state index in [1.54, 1.807) is 12.1 Å². The summed E-state index contributed by atoms with van der Waals surface area (Å²) in [4.78, 5) is 15.9. The first-order valence-corrected chi connectivity index (χ1v) is 4.79. The van der Waals surface area contributed by atoms with Crippen molar-refractivity contribution in [2.45, 2.75) is 6.04 Å². The number of rotatable bonds is 2. The molecule has 0 unspecified atom stereocenters. The van der Waals surface area contributed by atoms with Gasteiger partial charge in [0.05, 0.1) is 11.6 Å². The Bertz CT molecular complexity index is 431. The summed E-state index contributed by atoms with van der Waals surface area (Å²) in [6, 6.07) is 5.47. The van der Waals surface area contributed by atoms with Gasteiger partial charge in [0, 0.05) is 19.3 Å². The predicted octanol–water partition coefficient (Wildman–Crippen LogP) is 0.727. The number of likely N-dealkylation sites (tertiary alicyclic amines) is 1. The molecular weight excluding hydrogens is 208 g/mol. The standard InChI is InChI=1S/C10H10N4O2/c11-3-7-1-2-9(12-4-7)13-8-5-14(6-8)10(15)16/h1-2,4,8H,5-6H2,(H,12,13)(H,15,16). The van der Waals surface area contributed by atoms with Crippen molar-refractivity contribution in [3.63, 3.8) is 0 Å². The lowest BCUT2D eigenvalue weighted by atomic mass is 10.1. The average molecular weight is 218 g/mol. The number of anilines is 1. The molecule has 2 rings (SSSR count). The molecule has 1 saturated heterocycles. The van der Waals surface area contributed by atoms with Crippen LogP contribution in [0.15, 0.2) is 18.3 Å². The molecule has 0 spiro atoms. The smallest absolute Gasteiger partial charge is 0.407 e. The molecule has 1 amide bonds. The van der Waals surface area contributed by atoms with Crippen LogP contribution < -0.4 is 5.32 Å². The summed E-state index contributed by atoms with van der Waals surface area (Å²) in [6.45, 7) is 0.939. The van der Waals surface area contributed by atoms with Crippen LogP contribution in [0.1, 0.15) is 5.56 Å². The SMILES string of the molecule is N#Cc1ccc(NC2CN(C(=O)O)C2)nc1. The van der Waals surface area contributed by atoms with E-state index in [-0.39, 0.29) is 6.04 Å². The molecule has 1 fully saturated rings. The van der Waals surface area contributed by atoms with Crippen LogP contribution in [-0.2, 0) is 0 Å². The first kappa shape index (κ1) is 10.2. The van der Waals surface area contributed by atoms with Crippen LogP contribution in [0.2, 0.25) is 0 Å². The fraction of sp³-hybridized carbons (Fsp3) is 0.300. The maximum absolute atomic E-state index is 10.5. The van der Waals surface area contributed by atoms with Crippen LogP contribution in [0, 0.1) is 11.3 Å². The van der Waals surface area contributed by atoms with Gasteiger partial charge in [0.25, 0.3) is 0 Å². The summed E-state index contributed by atoms with van der Waals surface area (Å²) in [5.74, 6) is 0.661. The molecule has 1 aliphatic heterocycles. The van der Waals surface area contributed by atoms with Crippen LogP contribution in [0.5, 0.6) is 0 Å². The topological polar surface area (TPSA) is 89.2 Å². The number of nitrogens with one attached hydrogen (secondary N) is 1. The Hall–Kier alpha value is -2.29. The van der Waals surface area contributed by atoms with Crippen LogP contribution in [0.25, 0.3) is 0 Å². The molecular formula is C10H10N4O2. The fourth-order valence-electron chi connectivity index (χ4n) is 1.48. The van der Waals surface area contributed by atoms with Crippen LogP contribution in [-0.4, -0.2) is 40.2 Å². The molecule has 6 heteroatoms. The summed E-state index contributed by atoms with van der Waals surface area (Å²) in [7, 11) is 0. The summed E-state index contributed by atoms with van der Waals surface area (Å²) in [6.07, 6.45) is 0.585. The predicted molar refractivity (Wildman–Crippen MR) is 56.0 cm³/mol. The van der Waals surface area contributed by atoms with E-state index in [9.17, 15) is 4.79 Å². The minimum atomic E-state index is -0.897. The van der Waals surface area contributed by atoms with Crippen LogP contribution in [0.4, 0.5) is 10.6 Å². The molecule has 1 aromatic rings. The second-order valence-electron chi connectivity index (χ2n) is 3.57. The van der Waals surface area contributed by atoms with Gasteiger partial charge in [-0.05, 0) is 12.1 Å². The molecule has 0 atom stereocenters. The molecule has 1 aliphatic rings. The van der Waals surface area contributed by atoms with Gasteiger partial charge in [-0.25, -0.2) is 9.78 Å². The van der Waals surface area contributed by atoms with E-state index in [0.29, 0.717) is 24.5 Å². The van der Waals surface area contributed by atoms with Gasteiger partial charge < -0.3 is 15.3 Å². The summed E-state index contributed by atoms with van der Waals surface area (Å²) >= 11 is 0. The van der Waals surface area contributed by atoms with Gasteiger partial charge in [-0.3, -0.25) is 0 Å². The zero-order valence-electron chi connectivity index (χ0n) is 8.42. The van der Waals surface area contributed by atoms with Crippen molar-refractivity contribution in [1.82, 2.24) is 9.88 Å². The molecule has 2 N–H and O–H groups in total. The van der Waals surface area contributed by atoms with Crippen molar-refractivity contribution in [3.05, 3.63) is 23.9 Å². The second kappa shape index (κ2) is 4.06. The Kier molecular flexibility index (Phi) is 2.60. The molecule has 0 saturated carbocycles. The third kappa shape index (κ3) is 2.03. The average Bonchev–Trinajstić information content (AvgIpc) is 2.23. The maximum Gasteiger partial charge on any atom is 0.407 e. The van der Waals surface area contributed by atoms with E-state index >= 15 is 0 Å². The molecule has 2 heterocycles. The number of amides is 1. The quantitative estimate of drug-likeness (QED) is 0.763. The minimum Gasteiger partial charge on any atom is -0.465 e. The van der Waals surface area contributed by atoms with E-state index < -0.39 is 6.09 Å². The van der Waals surface area contributed by atoms with Gasteiger partial charge in [0.1, 0.15) is 11.9 Å². The monoisotopic (exact) mass is 218 g/mol. The number of carboxylic acid groups (broad SMARTS) is 1. The van der Waals surface area contributed by atoms with Crippen molar-refractivity contribution in [2.24, 2.45) is 0 Å². The zero-order chi connectivity index (χ0) is 11.5. The maximum atomic E-state index is 10.5. The number of aromatic nitrogens is 1. The first-order chi connectivity index (χ1) is 7.69. The Labute approximate surface area is 92.1 Å². The van der Waals surface area contributed by atoms with E-state index in [4.69, 9.17) is 10.4 Å². The lowest BCUT2D eigenvalue weighted by Gasteiger charge is -2.37. The molecule has 6 nitrogen and oxygen atoms in total. The number of pyridine rings is 1. The fourth-order valence-corrected chi connectivity index (χ4v) is 1.48. The molecule has 0 aromatic carbocycles. The summed E-state index contributed by atoms with van der Waals surface area (Å²) in [5, 5.41) is 20.3. The van der Waals surface area contributed by atoms with Gasteiger partial charge >= 0.3 is 6.09 Å². The highest BCUT2D eigenvalue weighted by molar-refractivity contribution is 5.66. The zero-order valence-corrected chi connectivity index (χ0v) is 8.42. The molecule has 82 valence electrons. The summed E-state index contributed by atoms with van der Waals surface area (Å²) < 4.78 is 0. The lowest BCUT2D eigenvalue weighted by molar-refractivity contribution is 0.111. The largest absolute Gasteiger partial charge is 0.465 e. The Morgan fingerprint density at radius 2 is 2.38 bits per heavy atom. The normalized spacial score (nSPS) is 15.1. The van der Waals surface area contributed by atoms with Crippen molar-refractivity contribution in [2.75, 3.05) is 18.4 Å². The highest BCUT2D eigenvalue weighted by Gasteiger charge is 2.30. The van der Waals surface area contributed by atoms with Crippen molar-refractivity contribution < 1.29 is 9.90 Å². The van der Waals surface area contributed by atoms with Gasteiger partial charge in [0.15, 0.2) is 0 Å². The minimum absolute atomic E-state index is 0.108. The number of carbonyl (C=O) groups is 1. The van der Waals surface area contributed by atoms with Gasteiger partial charge in [0.2, 0.25) is 0 Å². The van der Waals surface area contributed by atoms with Crippen molar-refractivity contribution in [3.8, 4) is 6.07 Å². The van der Waals surface area contributed by atoms with Crippen LogP contribution in [0.3, 0.4) is 0 Å². The molecule has 0 bridgehead atoms. The molecule has 16 heavy (non-hydrogen) atoms. The third-order valence-corrected chi connectivity index (χ3v) is 2.40. The summed E-state index contributed by atoms with van der Waals surface area (Å²) in [5.41, 5.74) is 0.506. The van der Waals surface area contributed by atoms with Crippen LogP contribution >= 0.6 is 0 Å². The van der Waals surface area contributed by atoms with Gasteiger partial charge in [-0.2, -0.15) is 5.26 Å². The van der Waals surface area contributed by atoms with Gasteiger partial charge in [-0.1, -0.05) is 0 Å². The first-order valence-electron chi connectivity index (χ1n) is 4.79. The Balaban J connectivity index is 1.87. The number of hydrogen-bond acceptors (Lipinski definition) is 4. The molecule has 0 aliphatic carbocycles. The van der Waals surface area contributed by atoms with E-state index in [2.05, 4.69) is 10.3 Å². The van der Waals surface area contributed by atoms with Crippen molar-refractivity contribution in [1.29, 1.82) is 5.26 Å². The second-order valence-corrected chi connectivity index (χ2v) is 3.57. The number of nitrogens with zero attached hydrogens (tertiary/aromatic N) is 3.